The van der Waals surface area contributed by atoms with E-state index >= 15 is 0 Å². The van der Waals surface area contributed by atoms with E-state index in [4.69, 9.17) is 0 Å². The Morgan fingerprint density at radius 3 is 1.60 bits per heavy atom. The third-order valence-corrected chi connectivity index (χ3v) is 6.72. The summed E-state index contributed by atoms with van der Waals surface area (Å²) in [4.78, 5) is 41.4. The predicted octanol–water partition coefficient (Wildman–Crippen LogP) is -2.25. The lowest BCUT2D eigenvalue weighted by molar-refractivity contribution is -0.870. The van der Waals surface area contributed by atoms with Crippen molar-refractivity contribution in [3.05, 3.63) is 11.9 Å². The standard InChI is InChI=1S/C25H46N8O7/c1-33(2,3)14-4-5-21-15-32(27-26-21)17-22(34)16-28-6-8-29(18-23(35)36)10-12-31(20-25(39)40)13-11-30(9-7-28)19-24(37)38/h15,22,34H,4-14,16-20H2,1-3H3,(H2-,35,36,37,38,39,40)/p+1. The maximum Gasteiger partial charge on any atom is 0.317 e. The molecule has 1 aliphatic rings. The third-order valence-electron chi connectivity index (χ3n) is 6.72. The normalized spacial score (nSPS) is 18.6. The van der Waals surface area contributed by atoms with Gasteiger partial charge in [-0.3, -0.25) is 34.0 Å². The molecule has 0 amide bonds. The number of hydrogen-bond donors (Lipinski definition) is 4. The van der Waals surface area contributed by atoms with Gasteiger partial charge in [-0.25, -0.2) is 4.68 Å². The van der Waals surface area contributed by atoms with Gasteiger partial charge in [0.15, 0.2) is 0 Å². The van der Waals surface area contributed by atoms with Gasteiger partial charge in [-0.05, 0) is 6.42 Å². The van der Waals surface area contributed by atoms with Crippen molar-refractivity contribution < 1.29 is 39.3 Å². The van der Waals surface area contributed by atoms with Gasteiger partial charge in [0, 0.05) is 71.5 Å². The van der Waals surface area contributed by atoms with Gasteiger partial charge in [0.2, 0.25) is 0 Å². The molecule has 0 radical (unpaired) electrons. The van der Waals surface area contributed by atoms with Crippen LogP contribution in [0, 0.1) is 0 Å². The second-order valence-corrected chi connectivity index (χ2v) is 11.5. The molecule has 1 unspecified atom stereocenters. The lowest BCUT2D eigenvalue weighted by atomic mass is 10.2. The van der Waals surface area contributed by atoms with Crippen LogP contribution in [0.2, 0.25) is 0 Å². The number of rotatable bonds is 14. The summed E-state index contributed by atoms with van der Waals surface area (Å²) < 4.78 is 2.50. The van der Waals surface area contributed by atoms with Crippen LogP contribution in [0.3, 0.4) is 0 Å². The summed E-state index contributed by atoms with van der Waals surface area (Å²) in [5, 5.41) is 47.3. The number of aromatic nitrogens is 3. The largest absolute Gasteiger partial charge is 0.480 e. The van der Waals surface area contributed by atoms with Gasteiger partial charge < -0.3 is 24.9 Å². The molecule has 0 aromatic carbocycles. The van der Waals surface area contributed by atoms with Gasteiger partial charge >= 0.3 is 17.9 Å². The van der Waals surface area contributed by atoms with Gasteiger partial charge in [0.1, 0.15) is 0 Å². The molecule has 228 valence electrons. The van der Waals surface area contributed by atoms with Crippen LogP contribution in [-0.4, -0.2) is 190 Å². The minimum Gasteiger partial charge on any atom is -0.480 e. The van der Waals surface area contributed by atoms with Gasteiger partial charge in [-0.15, -0.1) is 5.10 Å². The van der Waals surface area contributed by atoms with Crippen LogP contribution in [0.25, 0.3) is 0 Å². The Kier molecular flexibility index (Phi) is 13.9. The number of nitrogens with zero attached hydrogens (tertiary/aromatic N) is 8. The Labute approximate surface area is 235 Å². The lowest BCUT2D eigenvalue weighted by Gasteiger charge is -2.33. The van der Waals surface area contributed by atoms with Crippen molar-refractivity contribution in [3.8, 4) is 0 Å². The summed E-state index contributed by atoms with van der Waals surface area (Å²) in [5.74, 6) is -2.94. The molecule has 1 aromatic rings. The van der Waals surface area contributed by atoms with Crippen LogP contribution in [0.5, 0.6) is 0 Å². The first kappa shape index (κ1) is 33.5. The highest BCUT2D eigenvalue weighted by molar-refractivity contribution is 5.69. The first-order valence-corrected chi connectivity index (χ1v) is 13.7. The smallest absolute Gasteiger partial charge is 0.317 e. The Hall–Kier alpha value is -2.69. The third kappa shape index (κ3) is 14.6. The number of β-amino-alcohol motifs (C(OH)–C–C–N with tert-alkyl or cyclic N) is 1. The number of aliphatic hydroxyl groups is 1. The number of hydrogen-bond acceptors (Lipinski definition) is 10. The Morgan fingerprint density at radius 1 is 0.775 bits per heavy atom. The molecule has 1 fully saturated rings. The van der Waals surface area contributed by atoms with Crippen molar-refractivity contribution in [1.82, 2.24) is 34.6 Å². The molecule has 1 atom stereocenters. The molecule has 0 aliphatic carbocycles. The van der Waals surface area contributed by atoms with Crippen LogP contribution in [0.4, 0.5) is 0 Å². The number of carboxylic acids is 3. The average Bonchev–Trinajstić information content (AvgIpc) is 3.25. The zero-order valence-corrected chi connectivity index (χ0v) is 24.1. The molecule has 0 saturated carbocycles. The summed E-state index contributed by atoms with van der Waals surface area (Å²) in [6.07, 6.45) is 2.87. The summed E-state index contributed by atoms with van der Waals surface area (Å²) in [7, 11) is 6.42. The van der Waals surface area contributed by atoms with Crippen molar-refractivity contribution in [2.45, 2.75) is 25.5 Å². The Balaban J connectivity index is 2.04. The molecule has 1 aromatic heterocycles. The molecular formula is C25H47N8O7+. The molecule has 2 rings (SSSR count). The molecule has 2 heterocycles. The molecule has 1 saturated heterocycles. The van der Waals surface area contributed by atoms with E-state index in [1.54, 1.807) is 19.4 Å². The Morgan fingerprint density at radius 2 is 1.20 bits per heavy atom. The lowest BCUT2D eigenvalue weighted by Crippen LogP contribution is -2.49. The van der Waals surface area contributed by atoms with Crippen molar-refractivity contribution in [1.29, 1.82) is 0 Å². The van der Waals surface area contributed by atoms with Crippen molar-refractivity contribution in [3.63, 3.8) is 0 Å². The van der Waals surface area contributed by atoms with E-state index in [1.165, 1.54) is 0 Å². The van der Waals surface area contributed by atoms with Gasteiger partial charge in [-0.1, -0.05) is 5.21 Å². The first-order chi connectivity index (χ1) is 18.8. The molecule has 15 nitrogen and oxygen atoms in total. The second-order valence-electron chi connectivity index (χ2n) is 11.5. The molecule has 0 spiro atoms. The van der Waals surface area contributed by atoms with E-state index in [9.17, 15) is 34.8 Å². The summed E-state index contributed by atoms with van der Waals surface area (Å²) in [6.45, 7) is 4.09. The SMILES string of the molecule is C[N+](C)(C)CCCc1cn(CC(O)CN2CCN(CC(=O)O)CCN(CC(=O)O)CCN(CC(=O)O)CC2)nn1. The quantitative estimate of drug-likeness (QED) is 0.176. The van der Waals surface area contributed by atoms with Crippen molar-refractivity contribution in [2.75, 3.05) is 106 Å². The van der Waals surface area contributed by atoms with Crippen LogP contribution in [0.15, 0.2) is 6.20 Å². The number of aliphatic hydroxyl groups excluding tert-OH is 1. The fourth-order valence-corrected chi connectivity index (χ4v) is 4.66. The van der Waals surface area contributed by atoms with E-state index in [0.717, 1.165) is 29.6 Å². The van der Waals surface area contributed by atoms with Gasteiger partial charge in [0.25, 0.3) is 0 Å². The average molecular weight is 572 g/mol. The zero-order chi connectivity index (χ0) is 29.7. The van der Waals surface area contributed by atoms with Crippen LogP contribution >= 0.6 is 0 Å². The van der Waals surface area contributed by atoms with Crippen LogP contribution < -0.4 is 0 Å². The molecule has 0 bridgehead atoms. The Bertz CT molecular complexity index is 907. The minimum atomic E-state index is -0.995. The van der Waals surface area contributed by atoms with E-state index < -0.39 is 24.0 Å². The monoisotopic (exact) mass is 571 g/mol. The zero-order valence-electron chi connectivity index (χ0n) is 24.1. The predicted molar refractivity (Wildman–Crippen MR) is 146 cm³/mol. The number of quaternary nitrogens is 1. The fourth-order valence-electron chi connectivity index (χ4n) is 4.66. The highest BCUT2D eigenvalue weighted by Crippen LogP contribution is 2.05. The van der Waals surface area contributed by atoms with Crippen LogP contribution in [0.1, 0.15) is 12.1 Å². The fraction of sp³-hybridized carbons (Fsp3) is 0.800. The van der Waals surface area contributed by atoms with E-state index in [0.29, 0.717) is 58.9 Å². The summed E-state index contributed by atoms with van der Waals surface area (Å²) in [6, 6.07) is 0. The number of aryl methyl sites for hydroxylation is 1. The molecule has 1 aliphatic heterocycles. The second kappa shape index (κ2) is 16.5. The van der Waals surface area contributed by atoms with Gasteiger partial charge in [-0.2, -0.15) is 0 Å². The molecular weight excluding hydrogens is 524 g/mol. The van der Waals surface area contributed by atoms with Crippen molar-refractivity contribution in [2.24, 2.45) is 0 Å². The minimum absolute atomic E-state index is 0.182. The van der Waals surface area contributed by atoms with Crippen molar-refractivity contribution >= 4 is 17.9 Å². The topological polar surface area (TPSA) is 176 Å². The number of aliphatic carboxylic acids is 3. The molecule has 15 heteroatoms. The highest BCUT2D eigenvalue weighted by atomic mass is 16.4. The number of carbonyl (C=O) groups is 3. The maximum absolute atomic E-state index is 11.4. The summed E-state index contributed by atoms with van der Waals surface area (Å²) in [5.41, 5.74) is 0.873. The van der Waals surface area contributed by atoms with Crippen LogP contribution in [-0.2, 0) is 27.3 Å². The molecule has 40 heavy (non-hydrogen) atoms. The van der Waals surface area contributed by atoms with E-state index in [2.05, 4.69) is 31.5 Å². The number of carboxylic acid groups (broad SMARTS) is 3. The first-order valence-electron chi connectivity index (χ1n) is 13.7. The summed E-state index contributed by atoms with van der Waals surface area (Å²) >= 11 is 0. The highest BCUT2D eigenvalue weighted by Gasteiger charge is 2.21. The molecule has 4 N–H and O–H groups in total. The van der Waals surface area contributed by atoms with E-state index in [1.807, 2.05) is 11.1 Å². The van der Waals surface area contributed by atoms with E-state index in [-0.39, 0.29) is 26.2 Å². The maximum atomic E-state index is 11.4. The van der Waals surface area contributed by atoms with Gasteiger partial charge in [0.05, 0.1) is 65.7 Å².